The average Bonchev–Trinajstić information content (AvgIpc) is 3.00. The summed E-state index contributed by atoms with van der Waals surface area (Å²) in [6, 6.07) is 9.65. The van der Waals surface area contributed by atoms with E-state index in [4.69, 9.17) is 0 Å². The van der Waals surface area contributed by atoms with Crippen LogP contribution in [0.5, 0.6) is 0 Å². The van der Waals surface area contributed by atoms with Crippen molar-refractivity contribution in [3.05, 3.63) is 63.1 Å². The Morgan fingerprint density at radius 2 is 1.85 bits per heavy atom. The first-order valence-electron chi connectivity index (χ1n) is 8.85. The third-order valence-corrected chi connectivity index (χ3v) is 4.52. The van der Waals surface area contributed by atoms with Gasteiger partial charge < -0.3 is 9.67 Å². The molecule has 1 N–H and O–H groups in total. The van der Waals surface area contributed by atoms with Crippen molar-refractivity contribution >= 4 is 11.2 Å². The summed E-state index contributed by atoms with van der Waals surface area (Å²) in [4.78, 5) is 30.1. The maximum absolute atomic E-state index is 13.0. The second kappa shape index (κ2) is 7.70. The Labute approximate surface area is 151 Å². The van der Waals surface area contributed by atoms with Gasteiger partial charge in [-0.25, -0.2) is 9.78 Å². The summed E-state index contributed by atoms with van der Waals surface area (Å²) in [6.45, 7) is 2.43. The number of benzene rings is 1. The molecule has 0 fully saturated rings. The lowest BCUT2D eigenvalue weighted by molar-refractivity contribution is 0.180. The number of aliphatic hydroxyl groups excluding tert-OH is 1. The number of aliphatic hydroxyl groups is 1. The van der Waals surface area contributed by atoms with Crippen molar-refractivity contribution in [2.75, 3.05) is 0 Å². The smallest absolute Gasteiger partial charge is 0.333 e. The molecule has 3 rings (SSSR count). The largest absolute Gasteiger partial charge is 0.393 e. The van der Waals surface area contributed by atoms with E-state index in [9.17, 15) is 14.7 Å². The van der Waals surface area contributed by atoms with Crippen LogP contribution in [-0.4, -0.2) is 29.9 Å². The SMILES string of the molecule is CC(O)CCCCn1c(=O)c2c(ncn2C)n(Cc2ccccc2)c1=O. The molecular weight excluding hydrogens is 332 g/mol. The minimum absolute atomic E-state index is 0.314. The molecule has 0 amide bonds. The second-order valence-electron chi connectivity index (χ2n) is 6.68. The van der Waals surface area contributed by atoms with E-state index >= 15 is 0 Å². The van der Waals surface area contributed by atoms with E-state index in [2.05, 4.69) is 4.98 Å². The minimum Gasteiger partial charge on any atom is -0.393 e. The summed E-state index contributed by atoms with van der Waals surface area (Å²) in [7, 11) is 1.76. The Bertz CT molecular complexity index is 999. The van der Waals surface area contributed by atoms with Crippen molar-refractivity contribution in [3.63, 3.8) is 0 Å². The molecule has 138 valence electrons. The van der Waals surface area contributed by atoms with E-state index in [0.717, 1.165) is 12.0 Å². The predicted molar refractivity (Wildman–Crippen MR) is 100 cm³/mol. The van der Waals surface area contributed by atoms with Gasteiger partial charge >= 0.3 is 5.69 Å². The highest BCUT2D eigenvalue weighted by atomic mass is 16.3. The average molecular weight is 356 g/mol. The lowest BCUT2D eigenvalue weighted by Crippen LogP contribution is -2.40. The van der Waals surface area contributed by atoms with Gasteiger partial charge in [0, 0.05) is 13.6 Å². The number of aromatic nitrogens is 4. The normalized spacial score (nSPS) is 12.6. The summed E-state index contributed by atoms with van der Waals surface area (Å²) in [5.74, 6) is 0. The fraction of sp³-hybridized carbons (Fsp3) is 0.421. The molecule has 0 aliphatic rings. The Balaban J connectivity index is 2.03. The van der Waals surface area contributed by atoms with Crippen LogP contribution in [0.3, 0.4) is 0 Å². The Kier molecular flexibility index (Phi) is 5.37. The number of aryl methyl sites for hydroxylation is 1. The third kappa shape index (κ3) is 3.62. The van der Waals surface area contributed by atoms with Crippen LogP contribution in [0.2, 0.25) is 0 Å². The molecule has 3 aromatic rings. The lowest BCUT2D eigenvalue weighted by Gasteiger charge is -2.12. The topological polar surface area (TPSA) is 82.1 Å². The molecule has 1 unspecified atom stereocenters. The number of nitrogens with zero attached hydrogens (tertiary/aromatic N) is 4. The van der Waals surface area contributed by atoms with Crippen molar-refractivity contribution in [2.24, 2.45) is 7.05 Å². The summed E-state index contributed by atoms with van der Waals surface area (Å²) >= 11 is 0. The van der Waals surface area contributed by atoms with Crippen molar-refractivity contribution in [3.8, 4) is 0 Å². The molecule has 0 radical (unpaired) electrons. The molecule has 26 heavy (non-hydrogen) atoms. The van der Waals surface area contributed by atoms with E-state index in [1.165, 1.54) is 4.57 Å². The summed E-state index contributed by atoms with van der Waals surface area (Å²) < 4.78 is 4.50. The number of hydrogen-bond donors (Lipinski definition) is 1. The number of hydrogen-bond acceptors (Lipinski definition) is 4. The molecule has 0 bridgehead atoms. The van der Waals surface area contributed by atoms with Crippen molar-refractivity contribution < 1.29 is 5.11 Å². The molecule has 0 saturated carbocycles. The van der Waals surface area contributed by atoms with Gasteiger partial charge in [0.05, 0.1) is 19.0 Å². The van der Waals surface area contributed by atoms with Crippen LogP contribution < -0.4 is 11.2 Å². The van der Waals surface area contributed by atoms with Crippen LogP contribution in [0.1, 0.15) is 31.7 Å². The molecule has 0 aliphatic heterocycles. The molecule has 2 aromatic heterocycles. The van der Waals surface area contributed by atoms with Gasteiger partial charge in [0.1, 0.15) is 0 Å². The lowest BCUT2D eigenvalue weighted by atomic mass is 10.2. The number of unbranched alkanes of at least 4 members (excludes halogenated alkanes) is 1. The molecule has 7 nitrogen and oxygen atoms in total. The zero-order valence-electron chi connectivity index (χ0n) is 15.1. The van der Waals surface area contributed by atoms with Crippen LogP contribution in [-0.2, 0) is 20.1 Å². The van der Waals surface area contributed by atoms with E-state index in [0.29, 0.717) is 37.1 Å². The molecule has 0 saturated heterocycles. The van der Waals surface area contributed by atoms with Crippen LogP contribution >= 0.6 is 0 Å². The summed E-state index contributed by atoms with van der Waals surface area (Å²) in [5, 5.41) is 9.37. The fourth-order valence-corrected chi connectivity index (χ4v) is 3.13. The maximum Gasteiger partial charge on any atom is 0.333 e. The van der Waals surface area contributed by atoms with Gasteiger partial charge in [0.15, 0.2) is 11.2 Å². The zero-order valence-corrected chi connectivity index (χ0v) is 15.1. The number of fused-ring (bicyclic) bond motifs is 1. The van der Waals surface area contributed by atoms with Gasteiger partial charge in [-0.15, -0.1) is 0 Å². The quantitative estimate of drug-likeness (QED) is 0.651. The second-order valence-corrected chi connectivity index (χ2v) is 6.68. The Morgan fingerprint density at radius 3 is 2.54 bits per heavy atom. The van der Waals surface area contributed by atoms with E-state index in [1.807, 2.05) is 30.3 Å². The van der Waals surface area contributed by atoms with Crippen molar-refractivity contribution in [1.82, 2.24) is 18.7 Å². The third-order valence-electron chi connectivity index (χ3n) is 4.52. The molecule has 1 aromatic carbocycles. The number of rotatable bonds is 7. The highest BCUT2D eigenvalue weighted by molar-refractivity contribution is 5.70. The molecule has 2 heterocycles. The molecule has 0 spiro atoms. The van der Waals surface area contributed by atoms with E-state index in [-0.39, 0.29) is 17.4 Å². The van der Waals surface area contributed by atoms with Gasteiger partial charge in [0.25, 0.3) is 5.56 Å². The van der Waals surface area contributed by atoms with Gasteiger partial charge in [-0.3, -0.25) is 13.9 Å². The fourth-order valence-electron chi connectivity index (χ4n) is 3.13. The van der Waals surface area contributed by atoms with Gasteiger partial charge in [-0.1, -0.05) is 30.3 Å². The standard InChI is InChI=1S/C19H24N4O3/c1-14(24)8-6-7-11-22-18(25)16-17(20-13-21(16)2)23(19(22)26)12-15-9-4-3-5-10-15/h3-5,9-10,13-14,24H,6-8,11-12H2,1-2H3. The van der Waals surface area contributed by atoms with Gasteiger partial charge in [0.2, 0.25) is 0 Å². The molecule has 1 atom stereocenters. The first-order chi connectivity index (χ1) is 12.5. The van der Waals surface area contributed by atoms with E-state index in [1.54, 1.807) is 29.4 Å². The van der Waals surface area contributed by atoms with Crippen LogP contribution in [0.25, 0.3) is 11.2 Å². The first kappa shape index (κ1) is 18.1. The van der Waals surface area contributed by atoms with Gasteiger partial charge in [-0.2, -0.15) is 0 Å². The van der Waals surface area contributed by atoms with Gasteiger partial charge in [-0.05, 0) is 31.7 Å². The zero-order chi connectivity index (χ0) is 18.7. The monoisotopic (exact) mass is 356 g/mol. The highest BCUT2D eigenvalue weighted by Crippen LogP contribution is 2.09. The highest BCUT2D eigenvalue weighted by Gasteiger charge is 2.17. The summed E-state index contributed by atoms with van der Waals surface area (Å²) in [6.07, 6.45) is 3.26. The Hall–Kier alpha value is -2.67. The number of imidazole rings is 1. The molecule has 7 heteroatoms. The van der Waals surface area contributed by atoms with Crippen LogP contribution in [0.4, 0.5) is 0 Å². The predicted octanol–water partition coefficient (Wildman–Crippen LogP) is 1.50. The maximum atomic E-state index is 13.0. The van der Waals surface area contributed by atoms with Crippen LogP contribution in [0, 0.1) is 0 Å². The van der Waals surface area contributed by atoms with Crippen molar-refractivity contribution in [1.29, 1.82) is 0 Å². The first-order valence-corrected chi connectivity index (χ1v) is 8.85. The van der Waals surface area contributed by atoms with Crippen molar-refractivity contribution in [2.45, 2.75) is 45.4 Å². The van der Waals surface area contributed by atoms with Crippen LogP contribution in [0.15, 0.2) is 46.2 Å². The summed E-state index contributed by atoms with van der Waals surface area (Å²) in [5.41, 5.74) is 1.15. The molecular formula is C19H24N4O3. The Morgan fingerprint density at radius 1 is 1.12 bits per heavy atom. The van der Waals surface area contributed by atoms with E-state index < -0.39 is 0 Å². The molecule has 0 aliphatic carbocycles. The minimum atomic E-state index is -0.374.